The van der Waals surface area contributed by atoms with E-state index in [4.69, 9.17) is 9.47 Å². The van der Waals surface area contributed by atoms with Crippen molar-refractivity contribution in [2.75, 3.05) is 7.11 Å². The standard InChI is InChI=1S/C25H34O4/c1-15-11-21(12-16(2)22(15)26)29-23-17(3)9-19(10-18(23)4)13-20(24(27)28-8)14-25(5,6)7/h9-12,20,26H,13-14H2,1-8H3. The van der Waals surface area contributed by atoms with Gasteiger partial charge in [-0.05, 0) is 85.9 Å². The van der Waals surface area contributed by atoms with Gasteiger partial charge in [-0.1, -0.05) is 32.9 Å². The smallest absolute Gasteiger partial charge is 0.309 e. The molecule has 1 unspecified atom stereocenters. The molecule has 4 heteroatoms. The van der Waals surface area contributed by atoms with E-state index in [1.807, 2.05) is 39.8 Å². The minimum absolute atomic E-state index is 0.0422. The molecule has 1 N–H and O–H groups in total. The van der Waals surface area contributed by atoms with E-state index in [1.54, 1.807) is 0 Å². The second kappa shape index (κ2) is 8.89. The van der Waals surface area contributed by atoms with Gasteiger partial charge in [-0.15, -0.1) is 0 Å². The molecule has 29 heavy (non-hydrogen) atoms. The maximum atomic E-state index is 12.3. The molecule has 1 atom stereocenters. The molecule has 0 saturated heterocycles. The molecule has 0 saturated carbocycles. The molecule has 0 radical (unpaired) electrons. The third kappa shape index (κ3) is 5.99. The van der Waals surface area contributed by atoms with Gasteiger partial charge in [-0.2, -0.15) is 0 Å². The summed E-state index contributed by atoms with van der Waals surface area (Å²) >= 11 is 0. The van der Waals surface area contributed by atoms with Crippen LogP contribution in [0.15, 0.2) is 24.3 Å². The second-order valence-electron chi connectivity index (χ2n) is 9.26. The molecule has 2 aromatic carbocycles. The number of esters is 1. The number of phenols is 1. The Morgan fingerprint density at radius 3 is 1.93 bits per heavy atom. The van der Waals surface area contributed by atoms with Gasteiger partial charge in [0.2, 0.25) is 0 Å². The van der Waals surface area contributed by atoms with Crippen molar-refractivity contribution in [2.45, 2.75) is 61.3 Å². The molecule has 2 aromatic rings. The first-order valence-corrected chi connectivity index (χ1v) is 10.1. The van der Waals surface area contributed by atoms with Crippen molar-refractivity contribution in [3.05, 3.63) is 52.1 Å². The maximum Gasteiger partial charge on any atom is 0.309 e. The van der Waals surface area contributed by atoms with Crippen LogP contribution in [0.1, 0.15) is 55.0 Å². The number of rotatable bonds is 6. The number of carbonyl (C=O) groups is 1. The largest absolute Gasteiger partial charge is 0.507 e. The Labute approximate surface area is 174 Å². The molecular formula is C25H34O4. The first-order chi connectivity index (χ1) is 13.4. The minimum Gasteiger partial charge on any atom is -0.507 e. The van der Waals surface area contributed by atoms with Gasteiger partial charge < -0.3 is 14.6 Å². The highest BCUT2D eigenvalue weighted by Gasteiger charge is 2.26. The molecule has 4 nitrogen and oxygen atoms in total. The van der Waals surface area contributed by atoms with Crippen LogP contribution in [0.4, 0.5) is 0 Å². The summed E-state index contributed by atoms with van der Waals surface area (Å²) in [5, 5.41) is 9.98. The molecule has 0 bridgehead atoms. The molecule has 0 aliphatic heterocycles. The molecule has 0 heterocycles. The first-order valence-electron chi connectivity index (χ1n) is 10.1. The van der Waals surface area contributed by atoms with Gasteiger partial charge in [-0.25, -0.2) is 0 Å². The highest BCUT2D eigenvalue weighted by molar-refractivity contribution is 5.72. The highest BCUT2D eigenvalue weighted by Crippen LogP contribution is 2.35. The number of methoxy groups -OCH3 is 1. The number of hydrogen-bond acceptors (Lipinski definition) is 4. The Hall–Kier alpha value is -2.49. The van der Waals surface area contributed by atoms with Crippen LogP contribution >= 0.6 is 0 Å². The molecule has 158 valence electrons. The lowest BCUT2D eigenvalue weighted by atomic mass is 9.81. The minimum atomic E-state index is -0.173. The van der Waals surface area contributed by atoms with Crippen LogP contribution in [0.25, 0.3) is 0 Å². The molecule has 0 fully saturated rings. The summed E-state index contributed by atoms with van der Waals surface area (Å²) < 4.78 is 11.2. The number of aromatic hydroxyl groups is 1. The predicted octanol–water partition coefficient (Wildman–Crippen LogP) is 6.19. The van der Waals surface area contributed by atoms with Crippen molar-refractivity contribution >= 4 is 5.97 Å². The molecule has 0 amide bonds. The first kappa shape index (κ1) is 22.8. The fourth-order valence-electron chi connectivity index (χ4n) is 3.84. The van der Waals surface area contributed by atoms with E-state index in [9.17, 15) is 9.90 Å². The van der Waals surface area contributed by atoms with E-state index in [2.05, 4.69) is 32.9 Å². The van der Waals surface area contributed by atoms with E-state index in [1.165, 1.54) is 7.11 Å². The lowest BCUT2D eigenvalue weighted by molar-refractivity contribution is -0.146. The average molecular weight is 399 g/mol. The zero-order valence-corrected chi connectivity index (χ0v) is 19.0. The Bertz CT molecular complexity index is 844. The Kier molecular flexibility index (Phi) is 6.99. The van der Waals surface area contributed by atoms with Gasteiger partial charge in [-0.3, -0.25) is 4.79 Å². The fraction of sp³-hybridized carbons (Fsp3) is 0.480. The maximum absolute atomic E-state index is 12.3. The van der Waals surface area contributed by atoms with E-state index < -0.39 is 0 Å². The molecular weight excluding hydrogens is 364 g/mol. The molecule has 0 aliphatic carbocycles. The van der Waals surface area contributed by atoms with Crippen LogP contribution in [0.3, 0.4) is 0 Å². The second-order valence-corrected chi connectivity index (χ2v) is 9.26. The van der Waals surface area contributed by atoms with Crippen molar-refractivity contribution in [2.24, 2.45) is 11.3 Å². The van der Waals surface area contributed by atoms with Crippen LogP contribution in [-0.4, -0.2) is 18.2 Å². The summed E-state index contributed by atoms with van der Waals surface area (Å²) in [5.74, 6) is 1.48. The summed E-state index contributed by atoms with van der Waals surface area (Å²) in [7, 11) is 1.45. The van der Waals surface area contributed by atoms with Crippen molar-refractivity contribution in [1.82, 2.24) is 0 Å². The summed E-state index contributed by atoms with van der Waals surface area (Å²) in [6, 6.07) is 7.85. The third-order valence-corrected chi connectivity index (χ3v) is 5.08. The van der Waals surface area contributed by atoms with Crippen LogP contribution in [0.2, 0.25) is 0 Å². The van der Waals surface area contributed by atoms with Gasteiger partial charge in [0.05, 0.1) is 13.0 Å². The fourth-order valence-corrected chi connectivity index (χ4v) is 3.84. The molecule has 0 aliphatic rings. The summed E-state index contributed by atoms with van der Waals surface area (Å²) in [6.07, 6.45) is 1.41. The van der Waals surface area contributed by atoms with Crippen molar-refractivity contribution in [3.8, 4) is 17.2 Å². The van der Waals surface area contributed by atoms with Crippen molar-refractivity contribution < 1.29 is 19.4 Å². The van der Waals surface area contributed by atoms with Crippen molar-refractivity contribution in [3.63, 3.8) is 0 Å². The number of phenolic OH excluding ortho intramolecular Hbond substituents is 1. The molecule has 0 spiro atoms. The van der Waals surface area contributed by atoms with Gasteiger partial charge in [0.15, 0.2) is 0 Å². The quantitative estimate of drug-likeness (QED) is 0.590. The Morgan fingerprint density at radius 1 is 0.966 bits per heavy atom. The molecule has 0 aromatic heterocycles. The third-order valence-electron chi connectivity index (χ3n) is 5.08. The average Bonchev–Trinajstić information content (AvgIpc) is 2.60. The van der Waals surface area contributed by atoms with E-state index >= 15 is 0 Å². The van der Waals surface area contributed by atoms with Crippen molar-refractivity contribution in [1.29, 1.82) is 0 Å². The zero-order chi connectivity index (χ0) is 21.9. The highest BCUT2D eigenvalue weighted by atomic mass is 16.5. The normalized spacial score (nSPS) is 12.6. The summed E-state index contributed by atoms with van der Waals surface area (Å²) in [4.78, 5) is 12.3. The number of hydrogen-bond donors (Lipinski definition) is 1. The van der Waals surface area contributed by atoms with Crippen LogP contribution in [0, 0.1) is 39.0 Å². The van der Waals surface area contributed by atoms with Gasteiger partial charge in [0.25, 0.3) is 0 Å². The van der Waals surface area contributed by atoms with E-state index in [0.29, 0.717) is 17.9 Å². The SMILES string of the molecule is COC(=O)C(Cc1cc(C)c(Oc2cc(C)c(O)c(C)c2)c(C)c1)CC(C)(C)C. The van der Waals surface area contributed by atoms with Crippen LogP contribution in [-0.2, 0) is 16.0 Å². The number of carbonyl (C=O) groups excluding carboxylic acids is 1. The topological polar surface area (TPSA) is 55.8 Å². The Balaban J connectivity index is 2.29. The van der Waals surface area contributed by atoms with E-state index in [-0.39, 0.29) is 17.3 Å². The predicted molar refractivity (Wildman–Crippen MR) is 117 cm³/mol. The number of ether oxygens (including phenoxy) is 2. The number of benzene rings is 2. The van der Waals surface area contributed by atoms with Gasteiger partial charge in [0, 0.05) is 0 Å². The lowest BCUT2D eigenvalue weighted by Gasteiger charge is -2.25. The monoisotopic (exact) mass is 398 g/mol. The summed E-state index contributed by atoms with van der Waals surface area (Å²) in [5.41, 5.74) is 4.75. The van der Waals surface area contributed by atoms with Crippen LogP contribution in [0.5, 0.6) is 17.2 Å². The zero-order valence-electron chi connectivity index (χ0n) is 19.0. The van der Waals surface area contributed by atoms with Crippen LogP contribution < -0.4 is 4.74 Å². The molecule has 2 rings (SSSR count). The number of aryl methyl sites for hydroxylation is 4. The van der Waals surface area contributed by atoms with Gasteiger partial charge >= 0.3 is 5.97 Å². The Morgan fingerprint density at radius 2 is 1.48 bits per heavy atom. The summed E-state index contributed by atoms with van der Waals surface area (Å²) in [6.45, 7) is 14.2. The van der Waals surface area contributed by atoms with Gasteiger partial charge in [0.1, 0.15) is 17.2 Å². The van der Waals surface area contributed by atoms with E-state index in [0.717, 1.165) is 40.0 Å². The lowest BCUT2D eigenvalue weighted by Crippen LogP contribution is -2.24.